The van der Waals surface area contributed by atoms with Gasteiger partial charge in [-0.2, -0.15) is 0 Å². The molecule has 4 unspecified atom stereocenters. The van der Waals surface area contributed by atoms with E-state index in [9.17, 15) is 0 Å². The smallest absolute Gasteiger partial charge is 0.0757 e. The van der Waals surface area contributed by atoms with Crippen LogP contribution in [-0.4, -0.2) is 23.5 Å². The minimum atomic E-state index is 0.557. The largest absolute Gasteiger partial charge is 0.282 e. The Kier molecular flexibility index (Phi) is 2.78. The van der Waals surface area contributed by atoms with Crippen molar-refractivity contribution in [3.8, 4) is 0 Å². The van der Waals surface area contributed by atoms with E-state index >= 15 is 0 Å². The molecule has 1 heterocycles. The highest BCUT2D eigenvalue weighted by atomic mass is 15.0. The second kappa shape index (κ2) is 4.47. The second-order valence-corrected chi connectivity index (χ2v) is 6.70. The van der Waals surface area contributed by atoms with Crippen molar-refractivity contribution in [2.75, 3.05) is 0 Å². The molecule has 3 fully saturated rings. The lowest BCUT2D eigenvalue weighted by atomic mass is 9.66. The minimum absolute atomic E-state index is 0.557. The van der Waals surface area contributed by atoms with Gasteiger partial charge >= 0.3 is 0 Å². The van der Waals surface area contributed by atoms with Crippen LogP contribution < -0.4 is 0 Å². The quantitative estimate of drug-likeness (QED) is 0.619. The average Bonchev–Trinajstić information content (AvgIpc) is 2.45. The van der Waals surface area contributed by atoms with Crippen molar-refractivity contribution in [2.45, 2.75) is 76.3 Å². The molecule has 18 heavy (non-hydrogen) atoms. The van der Waals surface area contributed by atoms with Gasteiger partial charge in [0.15, 0.2) is 0 Å². The standard InChI is InChI=1S/C16H24N2/c1-2-6-12-11(5-1)9-10-15-16(12)18-14-8-4-3-7-13(14)17-15/h11-12,15-16H,1-10H2. The third-order valence-electron chi connectivity index (χ3n) is 5.67. The topological polar surface area (TPSA) is 24.7 Å². The molecule has 0 aromatic carbocycles. The van der Waals surface area contributed by atoms with E-state index in [1.165, 1.54) is 75.6 Å². The fraction of sp³-hybridized carbons (Fsp3) is 0.875. The van der Waals surface area contributed by atoms with Crippen LogP contribution in [0.15, 0.2) is 9.98 Å². The third-order valence-corrected chi connectivity index (χ3v) is 5.67. The number of rotatable bonds is 0. The van der Waals surface area contributed by atoms with E-state index in [4.69, 9.17) is 9.98 Å². The van der Waals surface area contributed by atoms with Crippen LogP contribution in [0.2, 0.25) is 0 Å². The Labute approximate surface area is 110 Å². The highest BCUT2D eigenvalue weighted by molar-refractivity contribution is 6.43. The van der Waals surface area contributed by atoms with Crippen molar-refractivity contribution >= 4 is 11.4 Å². The number of nitrogens with zero attached hydrogens (tertiary/aromatic N) is 2. The molecule has 0 aromatic heterocycles. The van der Waals surface area contributed by atoms with Crippen molar-refractivity contribution in [3.05, 3.63) is 0 Å². The zero-order valence-corrected chi connectivity index (χ0v) is 11.3. The lowest BCUT2D eigenvalue weighted by Crippen LogP contribution is -2.46. The summed E-state index contributed by atoms with van der Waals surface area (Å²) in [5.74, 6) is 1.85. The van der Waals surface area contributed by atoms with E-state index in [-0.39, 0.29) is 0 Å². The third kappa shape index (κ3) is 1.76. The maximum Gasteiger partial charge on any atom is 0.0757 e. The first kappa shape index (κ1) is 11.2. The lowest BCUT2D eigenvalue weighted by Gasteiger charge is -2.45. The molecule has 4 aliphatic rings. The van der Waals surface area contributed by atoms with E-state index in [0.29, 0.717) is 12.1 Å². The maximum absolute atomic E-state index is 5.20. The van der Waals surface area contributed by atoms with Gasteiger partial charge in [-0.25, -0.2) is 0 Å². The van der Waals surface area contributed by atoms with Crippen LogP contribution in [0.3, 0.4) is 0 Å². The zero-order chi connectivity index (χ0) is 11.9. The summed E-state index contributed by atoms with van der Waals surface area (Å²) in [6.45, 7) is 0. The van der Waals surface area contributed by atoms with Crippen LogP contribution >= 0.6 is 0 Å². The molecular formula is C16H24N2. The average molecular weight is 244 g/mol. The van der Waals surface area contributed by atoms with E-state index in [2.05, 4.69) is 0 Å². The molecule has 2 nitrogen and oxygen atoms in total. The second-order valence-electron chi connectivity index (χ2n) is 6.70. The molecule has 98 valence electrons. The fourth-order valence-electron chi connectivity index (χ4n) is 4.74. The van der Waals surface area contributed by atoms with Gasteiger partial charge in [-0.05, 0) is 56.8 Å². The molecule has 0 saturated heterocycles. The predicted molar refractivity (Wildman–Crippen MR) is 75.6 cm³/mol. The Bertz CT molecular complexity index is 396. The summed E-state index contributed by atoms with van der Waals surface area (Å²) in [7, 11) is 0. The van der Waals surface area contributed by atoms with Crippen LogP contribution in [0.4, 0.5) is 0 Å². The monoisotopic (exact) mass is 244 g/mol. The molecule has 0 bridgehead atoms. The van der Waals surface area contributed by atoms with Gasteiger partial charge in [0.25, 0.3) is 0 Å². The van der Waals surface area contributed by atoms with Crippen LogP contribution in [0.25, 0.3) is 0 Å². The first-order valence-corrected chi connectivity index (χ1v) is 8.05. The number of fused-ring (bicyclic) bond motifs is 4. The first-order valence-electron chi connectivity index (χ1n) is 8.05. The predicted octanol–water partition coefficient (Wildman–Crippen LogP) is 3.79. The lowest BCUT2D eigenvalue weighted by molar-refractivity contribution is 0.132. The molecule has 0 radical (unpaired) electrons. The zero-order valence-electron chi connectivity index (χ0n) is 11.3. The minimum Gasteiger partial charge on any atom is -0.282 e. The van der Waals surface area contributed by atoms with Gasteiger partial charge in [-0.15, -0.1) is 0 Å². The molecule has 0 N–H and O–H groups in total. The molecule has 1 aliphatic heterocycles. The highest BCUT2D eigenvalue weighted by Gasteiger charge is 2.42. The summed E-state index contributed by atoms with van der Waals surface area (Å²) >= 11 is 0. The van der Waals surface area contributed by atoms with Crippen LogP contribution in [0.1, 0.15) is 64.2 Å². The molecule has 3 saturated carbocycles. The fourth-order valence-corrected chi connectivity index (χ4v) is 4.74. The van der Waals surface area contributed by atoms with Gasteiger partial charge in [0.1, 0.15) is 0 Å². The molecule has 4 rings (SSSR count). The van der Waals surface area contributed by atoms with Gasteiger partial charge in [0.2, 0.25) is 0 Å². The van der Waals surface area contributed by atoms with Gasteiger partial charge in [-0.3, -0.25) is 9.98 Å². The Morgan fingerprint density at radius 1 is 0.722 bits per heavy atom. The number of hydrogen-bond donors (Lipinski definition) is 0. The van der Waals surface area contributed by atoms with E-state index < -0.39 is 0 Å². The van der Waals surface area contributed by atoms with Crippen molar-refractivity contribution in [3.63, 3.8) is 0 Å². The SMILES string of the molecule is C1CCC2=NC3C(CCC4CCCCC43)N=C2C1. The molecule has 0 amide bonds. The molecule has 4 atom stereocenters. The van der Waals surface area contributed by atoms with Gasteiger partial charge in [-0.1, -0.05) is 19.3 Å². The molecule has 0 aromatic rings. The molecule has 3 aliphatic carbocycles. The van der Waals surface area contributed by atoms with Crippen molar-refractivity contribution in [1.82, 2.24) is 0 Å². The van der Waals surface area contributed by atoms with Gasteiger partial charge in [0, 0.05) is 0 Å². The molecular weight excluding hydrogens is 220 g/mol. The Balaban J connectivity index is 1.63. The summed E-state index contributed by atoms with van der Waals surface area (Å²) in [4.78, 5) is 10.3. The summed E-state index contributed by atoms with van der Waals surface area (Å²) in [6.07, 6.45) is 13.6. The number of hydrogen-bond acceptors (Lipinski definition) is 2. The van der Waals surface area contributed by atoms with Crippen molar-refractivity contribution in [1.29, 1.82) is 0 Å². The van der Waals surface area contributed by atoms with E-state index in [1.807, 2.05) is 0 Å². The van der Waals surface area contributed by atoms with Gasteiger partial charge in [0.05, 0.1) is 23.5 Å². The van der Waals surface area contributed by atoms with Crippen molar-refractivity contribution < 1.29 is 0 Å². The summed E-state index contributed by atoms with van der Waals surface area (Å²) < 4.78 is 0. The van der Waals surface area contributed by atoms with Gasteiger partial charge < -0.3 is 0 Å². The Morgan fingerprint density at radius 3 is 2.39 bits per heavy atom. The number of aliphatic imine (C=N–C) groups is 2. The summed E-state index contributed by atoms with van der Waals surface area (Å²) in [5.41, 5.74) is 2.78. The maximum atomic E-state index is 5.20. The molecule has 2 heteroatoms. The Hall–Kier alpha value is -0.660. The first-order chi connectivity index (χ1) is 8.92. The van der Waals surface area contributed by atoms with E-state index in [0.717, 1.165) is 11.8 Å². The van der Waals surface area contributed by atoms with Crippen LogP contribution in [0.5, 0.6) is 0 Å². The normalized spacial score (nSPS) is 43.1. The highest BCUT2D eigenvalue weighted by Crippen LogP contribution is 2.44. The summed E-state index contributed by atoms with van der Waals surface area (Å²) in [5, 5.41) is 0. The Morgan fingerprint density at radius 2 is 1.50 bits per heavy atom. The van der Waals surface area contributed by atoms with Crippen LogP contribution in [0, 0.1) is 11.8 Å². The van der Waals surface area contributed by atoms with E-state index in [1.54, 1.807) is 0 Å². The van der Waals surface area contributed by atoms with Crippen LogP contribution in [-0.2, 0) is 0 Å². The molecule has 0 spiro atoms. The van der Waals surface area contributed by atoms with Crippen molar-refractivity contribution in [2.24, 2.45) is 21.8 Å². The summed E-state index contributed by atoms with van der Waals surface area (Å²) in [6, 6.07) is 1.13.